The largest absolute Gasteiger partial charge is 0.455 e. The maximum Gasteiger partial charge on any atom is 0.377 e. The molecule has 0 radical (unpaired) electrons. The minimum absolute atomic E-state index is 0.0819. The van der Waals surface area contributed by atoms with Gasteiger partial charge in [-0.1, -0.05) is 30.3 Å². The first-order chi connectivity index (χ1) is 10.2. The summed E-state index contributed by atoms with van der Waals surface area (Å²) in [4.78, 5) is 22.9. The number of hydrogen-bond donors (Lipinski definition) is 1. The fourth-order valence-corrected chi connectivity index (χ4v) is 1.42. The summed E-state index contributed by atoms with van der Waals surface area (Å²) in [6.45, 7) is 1.77. The van der Waals surface area contributed by atoms with E-state index in [2.05, 4.69) is 5.32 Å². The van der Waals surface area contributed by atoms with Crippen molar-refractivity contribution < 1.29 is 23.8 Å². The Morgan fingerprint density at radius 3 is 2.48 bits per heavy atom. The highest BCUT2D eigenvalue weighted by molar-refractivity contribution is 6.34. The Morgan fingerprint density at radius 2 is 1.76 bits per heavy atom. The van der Waals surface area contributed by atoms with E-state index in [1.165, 1.54) is 0 Å². The van der Waals surface area contributed by atoms with Crippen molar-refractivity contribution in [2.45, 2.75) is 6.61 Å². The lowest BCUT2D eigenvalue weighted by molar-refractivity contribution is -0.157. The second kappa shape index (κ2) is 11.0. The van der Waals surface area contributed by atoms with Crippen LogP contribution in [0.5, 0.6) is 0 Å². The summed E-state index contributed by atoms with van der Waals surface area (Å²) in [6.07, 6.45) is 0. The lowest BCUT2D eigenvalue weighted by Gasteiger charge is -2.06. The Bertz CT molecular complexity index is 421. The number of likely N-dealkylation sites (N-methyl/N-ethyl adjacent to an activating group) is 1. The van der Waals surface area contributed by atoms with Crippen LogP contribution in [0.15, 0.2) is 30.3 Å². The lowest BCUT2D eigenvalue weighted by Crippen LogP contribution is -2.23. The standard InChI is InChI=1S/C15H21NO5/c1-16-7-8-19-9-10-20-12-14(17)15(18)21-11-13-5-3-2-4-6-13/h2-6,16H,7-12H2,1H3. The first-order valence-electron chi connectivity index (χ1n) is 6.78. The zero-order chi connectivity index (χ0) is 15.3. The molecular weight excluding hydrogens is 274 g/mol. The van der Waals surface area contributed by atoms with E-state index in [9.17, 15) is 9.59 Å². The molecule has 0 spiro atoms. The highest BCUT2D eigenvalue weighted by Gasteiger charge is 2.15. The topological polar surface area (TPSA) is 73.9 Å². The van der Waals surface area contributed by atoms with Crippen molar-refractivity contribution in [3.63, 3.8) is 0 Å². The zero-order valence-electron chi connectivity index (χ0n) is 12.2. The van der Waals surface area contributed by atoms with Crippen LogP contribution >= 0.6 is 0 Å². The lowest BCUT2D eigenvalue weighted by atomic mass is 10.2. The Hall–Kier alpha value is -1.76. The number of ketones is 1. The highest BCUT2D eigenvalue weighted by Crippen LogP contribution is 2.00. The monoisotopic (exact) mass is 295 g/mol. The number of ether oxygens (including phenoxy) is 3. The number of rotatable bonds is 11. The van der Waals surface area contributed by atoms with Crippen LogP contribution in [0.2, 0.25) is 0 Å². The Balaban J connectivity index is 2.07. The van der Waals surface area contributed by atoms with Crippen LogP contribution in [0.4, 0.5) is 0 Å². The van der Waals surface area contributed by atoms with Gasteiger partial charge >= 0.3 is 5.97 Å². The molecule has 0 saturated carbocycles. The molecule has 1 aromatic carbocycles. The van der Waals surface area contributed by atoms with E-state index in [0.717, 1.165) is 12.1 Å². The first kappa shape index (κ1) is 17.3. The van der Waals surface area contributed by atoms with E-state index in [-0.39, 0.29) is 19.8 Å². The summed E-state index contributed by atoms with van der Waals surface area (Å²) >= 11 is 0. The van der Waals surface area contributed by atoms with Crippen molar-refractivity contribution in [1.29, 1.82) is 0 Å². The average Bonchev–Trinajstić information content (AvgIpc) is 2.52. The Kier molecular flexibility index (Phi) is 9.03. The van der Waals surface area contributed by atoms with E-state index >= 15 is 0 Å². The molecule has 1 N–H and O–H groups in total. The van der Waals surface area contributed by atoms with Gasteiger partial charge in [0.25, 0.3) is 5.78 Å². The van der Waals surface area contributed by atoms with Gasteiger partial charge in [-0.25, -0.2) is 4.79 Å². The second-order valence-electron chi connectivity index (χ2n) is 4.25. The molecule has 0 saturated heterocycles. The van der Waals surface area contributed by atoms with Gasteiger partial charge in [0.1, 0.15) is 13.2 Å². The number of nitrogens with one attached hydrogen (secondary N) is 1. The van der Waals surface area contributed by atoms with E-state index in [0.29, 0.717) is 13.2 Å². The minimum atomic E-state index is -0.880. The molecule has 6 nitrogen and oxygen atoms in total. The van der Waals surface area contributed by atoms with Crippen LogP contribution in [0.25, 0.3) is 0 Å². The predicted octanol–water partition coefficient (Wildman–Crippen LogP) is 0.552. The Labute approximate surface area is 124 Å². The third kappa shape index (κ3) is 8.19. The van der Waals surface area contributed by atoms with Gasteiger partial charge in [0.2, 0.25) is 0 Å². The van der Waals surface area contributed by atoms with Gasteiger partial charge in [0.05, 0.1) is 19.8 Å². The second-order valence-corrected chi connectivity index (χ2v) is 4.25. The van der Waals surface area contributed by atoms with Crippen LogP contribution in [0.3, 0.4) is 0 Å². The van der Waals surface area contributed by atoms with E-state index in [1.54, 1.807) is 0 Å². The summed E-state index contributed by atoms with van der Waals surface area (Å²) in [6, 6.07) is 9.17. The quantitative estimate of drug-likeness (QED) is 0.365. The van der Waals surface area contributed by atoms with Crippen LogP contribution < -0.4 is 5.32 Å². The molecular formula is C15H21NO5. The smallest absolute Gasteiger partial charge is 0.377 e. The molecule has 21 heavy (non-hydrogen) atoms. The Morgan fingerprint density at radius 1 is 1.05 bits per heavy atom. The molecule has 0 aliphatic rings. The van der Waals surface area contributed by atoms with Gasteiger partial charge in [0.15, 0.2) is 0 Å². The molecule has 116 valence electrons. The van der Waals surface area contributed by atoms with Crippen molar-refractivity contribution in [3.8, 4) is 0 Å². The molecule has 0 heterocycles. The number of carbonyl (C=O) groups is 2. The molecule has 0 aliphatic heterocycles. The van der Waals surface area contributed by atoms with E-state index in [1.807, 2.05) is 37.4 Å². The van der Waals surface area contributed by atoms with Crippen molar-refractivity contribution >= 4 is 11.8 Å². The predicted molar refractivity (Wildman–Crippen MR) is 76.8 cm³/mol. The van der Waals surface area contributed by atoms with Crippen molar-refractivity contribution in [3.05, 3.63) is 35.9 Å². The normalized spacial score (nSPS) is 10.3. The summed E-state index contributed by atoms with van der Waals surface area (Å²) < 4.78 is 15.2. The van der Waals surface area contributed by atoms with Crippen molar-refractivity contribution in [2.24, 2.45) is 0 Å². The number of carbonyl (C=O) groups excluding carboxylic acids is 2. The molecule has 1 aromatic rings. The number of hydrogen-bond acceptors (Lipinski definition) is 6. The van der Waals surface area contributed by atoms with Crippen LogP contribution in [-0.2, 0) is 30.4 Å². The fourth-order valence-electron chi connectivity index (χ4n) is 1.42. The van der Waals surface area contributed by atoms with Gasteiger partial charge in [-0.2, -0.15) is 0 Å². The molecule has 0 aliphatic carbocycles. The third-order valence-electron chi connectivity index (χ3n) is 2.54. The molecule has 1 rings (SSSR count). The van der Waals surface area contributed by atoms with Crippen LogP contribution in [0.1, 0.15) is 5.56 Å². The molecule has 0 aromatic heterocycles. The van der Waals surface area contributed by atoms with E-state index < -0.39 is 11.8 Å². The van der Waals surface area contributed by atoms with Gasteiger partial charge < -0.3 is 19.5 Å². The maximum absolute atomic E-state index is 11.4. The van der Waals surface area contributed by atoms with Gasteiger partial charge in [-0.15, -0.1) is 0 Å². The molecule has 0 atom stereocenters. The number of benzene rings is 1. The zero-order valence-corrected chi connectivity index (χ0v) is 12.2. The molecule has 0 unspecified atom stereocenters. The number of Topliss-reactive ketones (excluding diaryl/α,β-unsaturated/α-hetero) is 1. The molecule has 0 fully saturated rings. The van der Waals surface area contributed by atoms with E-state index in [4.69, 9.17) is 14.2 Å². The van der Waals surface area contributed by atoms with Crippen molar-refractivity contribution in [1.82, 2.24) is 5.32 Å². The van der Waals surface area contributed by atoms with Gasteiger partial charge in [0, 0.05) is 6.54 Å². The summed E-state index contributed by atoms with van der Waals surface area (Å²) in [5, 5.41) is 2.94. The molecule has 0 amide bonds. The summed E-state index contributed by atoms with van der Waals surface area (Å²) in [5.41, 5.74) is 0.831. The summed E-state index contributed by atoms with van der Waals surface area (Å²) in [5.74, 6) is -1.57. The van der Waals surface area contributed by atoms with Crippen LogP contribution in [0, 0.1) is 0 Å². The first-order valence-corrected chi connectivity index (χ1v) is 6.78. The van der Waals surface area contributed by atoms with Gasteiger partial charge in [-0.3, -0.25) is 4.79 Å². The maximum atomic E-state index is 11.4. The average molecular weight is 295 g/mol. The molecule has 6 heteroatoms. The third-order valence-corrected chi connectivity index (χ3v) is 2.54. The SMILES string of the molecule is CNCCOCCOCC(=O)C(=O)OCc1ccccc1. The molecule has 0 bridgehead atoms. The number of esters is 1. The summed E-state index contributed by atoms with van der Waals surface area (Å²) in [7, 11) is 1.83. The fraction of sp³-hybridized carbons (Fsp3) is 0.467. The minimum Gasteiger partial charge on any atom is -0.455 e. The van der Waals surface area contributed by atoms with Crippen LogP contribution in [-0.4, -0.2) is 51.8 Å². The van der Waals surface area contributed by atoms with Gasteiger partial charge in [-0.05, 0) is 12.6 Å². The highest BCUT2D eigenvalue weighted by atomic mass is 16.5. The van der Waals surface area contributed by atoms with Crippen molar-refractivity contribution in [2.75, 3.05) is 40.0 Å².